The second kappa shape index (κ2) is 7.95. The second-order valence-corrected chi connectivity index (χ2v) is 8.06. The average Bonchev–Trinajstić information content (AvgIpc) is 3.07. The summed E-state index contributed by atoms with van der Waals surface area (Å²) in [6, 6.07) is 5.89. The van der Waals surface area contributed by atoms with Gasteiger partial charge in [-0.15, -0.1) is 16.9 Å². The number of sulfonamides is 1. The zero-order valence-corrected chi connectivity index (χ0v) is 15.1. The van der Waals surface area contributed by atoms with Crippen LogP contribution in [0, 0.1) is 0 Å². The fourth-order valence-corrected chi connectivity index (χ4v) is 5.16. The van der Waals surface area contributed by atoms with Crippen LogP contribution in [0.2, 0.25) is 0 Å². The first-order valence-corrected chi connectivity index (χ1v) is 10.00. The van der Waals surface area contributed by atoms with Gasteiger partial charge in [-0.1, -0.05) is 5.22 Å². The minimum absolute atomic E-state index is 0.0260. The molecular formula is C14H19N4O4S2-. The van der Waals surface area contributed by atoms with E-state index in [4.69, 9.17) is 0 Å². The van der Waals surface area contributed by atoms with E-state index in [0.29, 0.717) is 11.4 Å². The summed E-state index contributed by atoms with van der Waals surface area (Å²) in [4.78, 5) is 11.1. The smallest absolute Gasteiger partial charge is 0.244 e. The second-order valence-electron chi connectivity index (χ2n) is 4.98. The first-order chi connectivity index (χ1) is 11.4. The number of benzene rings is 1. The molecule has 1 aromatic rings. The summed E-state index contributed by atoms with van der Waals surface area (Å²) < 4.78 is 26.1. The highest BCUT2D eigenvalue weighted by molar-refractivity contribution is 8.02. The lowest BCUT2D eigenvalue weighted by Crippen LogP contribution is -2.45. The zero-order valence-electron chi connectivity index (χ0n) is 13.5. The molecule has 8 nitrogen and oxygen atoms in total. The Morgan fingerprint density at radius 3 is 2.50 bits per heavy atom. The topological polar surface area (TPSA) is 105 Å². The Kier molecular flexibility index (Phi) is 6.19. The van der Waals surface area contributed by atoms with Crippen LogP contribution in [0.4, 0.5) is 5.69 Å². The third-order valence-corrected chi connectivity index (χ3v) is 6.70. The standard InChI is InChI=1S/C14H20N4O4S2/c1-3-17(4-2)16-15-11-5-7-12(8-6-11)24(21,22)18-9-10-23-13(18)14(19)20/h5-8,13H,3-4,9-10H2,1-2H3,(H,19,20)/p-1/t13-/m0/s1. The Morgan fingerprint density at radius 1 is 1.33 bits per heavy atom. The Bertz CT molecular complexity index is 702. The van der Waals surface area contributed by atoms with E-state index in [1.807, 2.05) is 13.8 Å². The number of carbonyl (C=O) groups excluding carboxylic acids is 1. The summed E-state index contributed by atoms with van der Waals surface area (Å²) in [6.07, 6.45) is 0. The highest BCUT2D eigenvalue weighted by Crippen LogP contribution is 2.30. The molecule has 0 N–H and O–H groups in total. The SMILES string of the molecule is CCN(CC)N=Nc1ccc(S(=O)(=O)N2CCS[C@H]2C(=O)[O-])cc1. The van der Waals surface area contributed by atoms with Crippen molar-refractivity contribution in [2.24, 2.45) is 10.3 Å². The number of carboxylic acids is 1. The molecule has 1 heterocycles. The normalized spacial score (nSPS) is 19.0. The van der Waals surface area contributed by atoms with Gasteiger partial charge in [-0.3, -0.25) is 5.01 Å². The number of hydrogen-bond acceptors (Lipinski definition) is 7. The van der Waals surface area contributed by atoms with E-state index in [1.54, 1.807) is 5.01 Å². The molecule has 0 saturated carbocycles. The summed E-state index contributed by atoms with van der Waals surface area (Å²) in [7, 11) is -3.88. The van der Waals surface area contributed by atoms with Crippen LogP contribution in [-0.4, -0.2) is 54.5 Å². The van der Waals surface area contributed by atoms with E-state index < -0.39 is 21.4 Å². The fraction of sp³-hybridized carbons (Fsp3) is 0.500. The first-order valence-electron chi connectivity index (χ1n) is 7.51. The van der Waals surface area contributed by atoms with Crippen molar-refractivity contribution in [3.8, 4) is 0 Å². The molecule has 1 fully saturated rings. The van der Waals surface area contributed by atoms with Gasteiger partial charge >= 0.3 is 0 Å². The molecule has 0 amide bonds. The average molecular weight is 371 g/mol. The van der Waals surface area contributed by atoms with Crippen LogP contribution in [-0.2, 0) is 14.8 Å². The molecule has 1 aliphatic heterocycles. The van der Waals surface area contributed by atoms with Crippen LogP contribution in [0.15, 0.2) is 39.5 Å². The van der Waals surface area contributed by atoms with Gasteiger partial charge in [0, 0.05) is 25.4 Å². The summed E-state index contributed by atoms with van der Waals surface area (Å²) in [5.41, 5.74) is 0.521. The molecule has 0 aliphatic carbocycles. The largest absolute Gasteiger partial charge is 0.547 e. The predicted octanol–water partition coefficient (Wildman–Crippen LogP) is 0.841. The number of nitrogens with zero attached hydrogens (tertiary/aromatic N) is 4. The van der Waals surface area contributed by atoms with Crippen molar-refractivity contribution >= 4 is 33.4 Å². The van der Waals surface area contributed by atoms with Crippen molar-refractivity contribution in [1.29, 1.82) is 0 Å². The van der Waals surface area contributed by atoms with E-state index >= 15 is 0 Å². The maximum atomic E-state index is 12.6. The van der Waals surface area contributed by atoms with Crippen molar-refractivity contribution in [2.75, 3.05) is 25.4 Å². The third-order valence-electron chi connectivity index (χ3n) is 3.51. The van der Waals surface area contributed by atoms with E-state index in [-0.39, 0.29) is 11.4 Å². The number of thioether (sulfide) groups is 1. The Balaban J connectivity index is 2.19. The maximum absolute atomic E-state index is 12.6. The first kappa shape index (κ1) is 18.7. The molecule has 0 spiro atoms. The number of aliphatic carboxylic acids is 1. The van der Waals surface area contributed by atoms with Gasteiger partial charge in [0.1, 0.15) is 5.37 Å². The summed E-state index contributed by atoms with van der Waals surface area (Å²) >= 11 is 1.05. The fourth-order valence-electron chi connectivity index (χ4n) is 2.17. The third kappa shape index (κ3) is 4.05. The molecule has 1 atom stereocenters. The quantitative estimate of drug-likeness (QED) is 0.519. The minimum atomic E-state index is -3.88. The summed E-state index contributed by atoms with van der Waals surface area (Å²) in [5, 5.41) is 19.7. The van der Waals surface area contributed by atoms with Crippen LogP contribution in [0.1, 0.15) is 13.8 Å². The van der Waals surface area contributed by atoms with E-state index in [2.05, 4.69) is 10.3 Å². The van der Waals surface area contributed by atoms with Crippen LogP contribution in [0.5, 0.6) is 0 Å². The van der Waals surface area contributed by atoms with E-state index in [9.17, 15) is 18.3 Å². The molecule has 0 aromatic heterocycles. The molecule has 2 rings (SSSR count). The van der Waals surface area contributed by atoms with Crippen molar-refractivity contribution in [1.82, 2.24) is 9.31 Å². The van der Waals surface area contributed by atoms with Gasteiger partial charge in [-0.2, -0.15) is 4.31 Å². The molecule has 1 saturated heterocycles. The predicted molar refractivity (Wildman–Crippen MR) is 89.0 cm³/mol. The lowest BCUT2D eigenvalue weighted by atomic mass is 10.3. The molecule has 0 unspecified atom stereocenters. The Morgan fingerprint density at radius 2 is 1.96 bits per heavy atom. The molecule has 10 heteroatoms. The van der Waals surface area contributed by atoms with Gasteiger partial charge in [0.2, 0.25) is 10.0 Å². The monoisotopic (exact) mass is 371 g/mol. The van der Waals surface area contributed by atoms with Gasteiger partial charge < -0.3 is 9.90 Å². The molecular weight excluding hydrogens is 352 g/mol. The number of hydrogen-bond donors (Lipinski definition) is 0. The Hall–Kier alpha value is -1.65. The van der Waals surface area contributed by atoms with E-state index in [1.165, 1.54) is 24.3 Å². The minimum Gasteiger partial charge on any atom is -0.547 e. The van der Waals surface area contributed by atoms with Crippen molar-refractivity contribution in [3.63, 3.8) is 0 Å². The van der Waals surface area contributed by atoms with Crippen LogP contribution in [0.3, 0.4) is 0 Å². The molecule has 0 radical (unpaired) electrons. The van der Waals surface area contributed by atoms with E-state index in [0.717, 1.165) is 29.2 Å². The molecule has 1 aromatic carbocycles. The van der Waals surface area contributed by atoms with Gasteiger partial charge in [0.05, 0.1) is 16.6 Å². The highest BCUT2D eigenvalue weighted by atomic mass is 32.2. The molecule has 0 bridgehead atoms. The van der Waals surface area contributed by atoms with Crippen LogP contribution >= 0.6 is 11.8 Å². The van der Waals surface area contributed by atoms with Gasteiger partial charge in [-0.25, -0.2) is 8.42 Å². The lowest BCUT2D eigenvalue weighted by Gasteiger charge is -2.23. The van der Waals surface area contributed by atoms with Crippen molar-refractivity contribution < 1.29 is 18.3 Å². The van der Waals surface area contributed by atoms with Crippen molar-refractivity contribution in [2.45, 2.75) is 24.1 Å². The Labute approximate surface area is 145 Å². The van der Waals surface area contributed by atoms with Gasteiger partial charge in [0.25, 0.3) is 0 Å². The van der Waals surface area contributed by atoms with Gasteiger partial charge in [-0.05, 0) is 38.1 Å². The molecule has 24 heavy (non-hydrogen) atoms. The number of carboxylic acid groups (broad SMARTS) is 1. The molecule has 1 aliphatic rings. The summed E-state index contributed by atoms with van der Waals surface area (Å²) in [6.45, 7) is 5.52. The van der Waals surface area contributed by atoms with Crippen LogP contribution in [0.25, 0.3) is 0 Å². The number of rotatable bonds is 7. The number of carbonyl (C=O) groups is 1. The van der Waals surface area contributed by atoms with Crippen molar-refractivity contribution in [3.05, 3.63) is 24.3 Å². The zero-order chi connectivity index (χ0) is 17.7. The highest BCUT2D eigenvalue weighted by Gasteiger charge is 2.36. The summed E-state index contributed by atoms with van der Waals surface area (Å²) in [5.74, 6) is -0.973. The van der Waals surface area contributed by atoms with Gasteiger partial charge in [0.15, 0.2) is 0 Å². The molecule has 132 valence electrons. The maximum Gasteiger partial charge on any atom is 0.244 e. The lowest BCUT2D eigenvalue weighted by molar-refractivity contribution is -0.306. The van der Waals surface area contributed by atoms with Crippen LogP contribution < -0.4 is 5.11 Å².